The zero-order chi connectivity index (χ0) is 25.2. The first-order valence-corrected chi connectivity index (χ1v) is 11.2. The lowest BCUT2D eigenvalue weighted by atomic mass is 9.98. The molecule has 1 aromatic heterocycles. The highest BCUT2D eigenvalue weighted by Crippen LogP contribution is 2.44. The van der Waals surface area contributed by atoms with Gasteiger partial charge in [0.05, 0.1) is 12.1 Å². The maximum absolute atomic E-state index is 12.7. The smallest absolute Gasteiger partial charge is 0.419 e. The summed E-state index contributed by atoms with van der Waals surface area (Å²) in [6, 6.07) is 12.7. The molecule has 0 aliphatic heterocycles. The highest BCUT2D eigenvalue weighted by Gasteiger charge is 2.46. The van der Waals surface area contributed by atoms with Gasteiger partial charge in [-0.15, -0.1) is 11.3 Å². The fourth-order valence-electron chi connectivity index (χ4n) is 3.83. The molecule has 0 saturated carbocycles. The number of nitrogens with one attached hydrogen (secondary N) is 2. The Labute approximate surface area is 200 Å². The number of rotatable bonds is 7. The lowest BCUT2D eigenvalue weighted by Crippen LogP contribution is -2.51. The molecule has 3 aromatic rings. The molecule has 1 aliphatic carbocycles. The number of aromatic nitrogens is 1. The number of anilines is 1. The third kappa shape index (κ3) is 5.43. The monoisotopic (exact) mass is 505 g/mol. The average molecular weight is 505 g/mol. The van der Waals surface area contributed by atoms with Gasteiger partial charge < -0.3 is 15.2 Å². The second kappa shape index (κ2) is 9.74. The molecule has 0 saturated heterocycles. The van der Waals surface area contributed by atoms with Gasteiger partial charge in [-0.25, -0.2) is 14.6 Å². The zero-order valence-corrected chi connectivity index (χ0v) is 18.7. The van der Waals surface area contributed by atoms with Crippen molar-refractivity contribution in [3.63, 3.8) is 0 Å². The number of hydrogen-bond donors (Lipinski definition) is 3. The summed E-state index contributed by atoms with van der Waals surface area (Å²) in [6.07, 6.45) is -6.51. The predicted octanol–water partition coefficient (Wildman–Crippen LogP) is 4.18. The van der Waals surface area contributed by atoms with Crippen molar-refractivity contribution in [3.05, 3.63) is 70.7 Å². The summed E-state index contributed by atoms with van der Waals surface area (Å²) in [5.74, 6) is -3.53. The SMILES string of the molecule is O=C(Cc1csc(NC(=O)OCC2c3ccccc3-c3ccccc32)n1)NC(C(=O)O)C(F)(F)F. The van der Waals surface area contributed by atoms with Crippen LogP contribution in [0.1, 0.15) is 22.7 Å². The quantitative estimate of drug-likeness (QED) is 0.444. The summed E-state index contributed by atoms with van der Waals surface area (Å²) in [5, 5.41) is 13.9. The molecule has 0 spiro atoms. The fourth-order valence-corrected chi connectivity index (χ4v) is 4.52. The second-order valence-electron chi connectivity index (χ2n) is 7.65. The minimum atomic E-state index is -5.14. The third-order valence-corrected chi connectivity index (χ3v) is 6.13. The van der Waals surface area contributed by atoms with Crippen LogP contribution in [0, 0.1) is 0 Å². The molecule has 1 atom stereocenters. The number of halogens is 3. The van der Waals surface area contributed by atoms with Gasteiger partial charge in [0.1, 0.15) is 6.61 Å². The number of benzene rings is 2. The van der Waals surface area contributed by atoms with Gasteiger partial charge in [0.2, 0.25) is 11.9 Å². The van der Waals surface area contributed by atoms with Crippen molar-refractivity contribution in [2.24, 2.45) is 0 Å². The first-order chi connectivity index (χ1) is 16.6. The van der Waals surface area contributed by atoms with Crippen LogP contribution < -0.4 is 10.6 Å². The highest BCUT2D eigenvalue weighted by molar-refractivity contribution is 7.13. The molecule has 2 aromatic carbocycles. The maximum atomic E-state index is 12.7. The molecule has 1 aliphatic rings. The molecule has 3 N–H and O–H groups in total. The van der Waals surface area contributed by atoms with E-state index in [9.17, 15) is 27.6 Å². The Morgan fingerprint density at radius 2 is 1.66 bits per heavy atom. The van der Waals surface area contributed by atoms with Gasteiger partial charge in [-0.1, -0.05) is 48.5 Å². The average Bonchev–Trinajstić information content (AvgIpc) is 3.37. The van der Waals surface area contributed by atoms with E-state index in [-0.39, 0.29) is 23.4 Å². The van der Waals surface area contributed by atoms with Gasteiger partial charge in [-0.3, -0.25) is 10.1 Å². The van der Waals surface area contributed by atoms with Gasteiger partial charge in [-0.05, 0) is 22.3 Å². The molecule has 2 amide bonds. The van der Waals surface area contributed by atoms with E-state index in [2.05, 4.69) is 10.3 Å². The molecule has 0 fully saturated rings. The third-order valence-electron chi connectivity index (χ3n) is 5.33. The summed E-state index contributed by atoms with van der Waals surface area (Å²) in [6.45, 7) is 0.0779. The molecule has 0 radical (unpaired) electrons. The lowest BCUT2D eigenvalue weighted by Gasteiger charge is -2.17. The highest BCUT2D eigenvalue weighted by atomic mass is 32.1. The summed E-state index contributed by atoms with van der Waals surface area (Å²) in [4.78, 5) is 38.9. The van der Waals surface area contributed by atoms with Crippen LogP contribution in [0.15, 0.2) is 53.9 Å². The number of thiazole rings is 1. The molecular formula is C23H18F3N3O5S. The number of hydrogen-bond acceptors (Lipinski definition) is 6. The number of carbonyl (C=O) groups is 3. The predicted molar refractivity (Wildman–Crippen MR) is 120 cm³/mol. The van der Waals surface area contributed by atoms with Gasteiger partial charge in [-0.2, -0.15) is 13.2 Å². The molecular weight excluding hydrogens is 487 g/mol. The van der Waals surface area contributed by atoms with E-state index in [0.29, 0.717) is 0 Å². The molecule has 12 heteroatoms. The van der Waals surface area contributed by atoms with Gasteiger partial charge in [0.25, 0.3) is 0 Å². The zero-order valence-electron chi connectivity index (χ0n) is 17.8. The molecule has 182 valence electrons. The van der Waals surface area contributed by atoms with E-state index < -0.39 is 36.6 Å². The topological polar surface area (TPSA) is 118 Å². The van der Waals surface area contributed by atoms with Crippen LogP contribution in [0.3, 0.4) is 0 Å². The van der Waals surface area contributed by atoms with Crippen LogP contribution in [0.5, 0.6) is 0 Å². The van der Waals surface area contributed by atoms with Crippen LogP contribution in [0.4, 0.5) is 23.1 Å². The van der Waals surface area contributed by atoms with Crippen LogP contribution in [0.2, 0.25) is 0 Å². The van der Waals surface area contributed by atoms with Crippen molar-refractivity contribution < 1.29 is 37.4 Å². The Balaban J connectivity index is 1.33. The van der Waals surface area contributed by atoms with Crippen molar-refractivity contribution in [1.82, 2.24) is 10.3 Å². The Morgan fingerprint density at radius 3 is 2.23 bits per heavy atom. The van der Waals surface area contributed by atoms with Crippen LogP contribution in [-0.2, 0) is 20.7 Å². The summed E-state index contributed by atoms with van der Waals surface area (Å²) < 4.78 is 43.5. The van der Waals surface area contributed by atoms with Crippen LogP contribution in [0.25, 0.3) is 11.1 Å². The van der Waals surface area contributed by atoms with E-state index in [1.54, 1.807) is 0 Å². The number of alkyl halides is 3. The number of carboxylic acids is 1. The van der Waals surface area contributed by atoms with Crippen molar-refractivity contribution in [1.29, 1.82) is 0 Å². The van der Waals surface area contributed by atoms with E-state index >= 15 is 0 Å². The number of fused-ring (bicyclic) bond motifs is 3. The van der Waals surface area contributed by atoms with Crippen LogP contribution >= 0.6 is 11.3 Å². The first-order valence-electron chi connectivity index (χ1n) is 10.3. The van der Waals surface area contributed by atoms with Gasteiger partial charge in [0.15, 0.2) is 5.13 Å². The fraction of sp³-hybridized carbons (Fsp3) is 0.217. The number of nitrogens with zero attached hydrogens (tertiary/aromatic N) is 1. The van der Waals surface area contributed by atoms with Crippen molar-refractivity contribution in [3.8, 4) is 11.1 Å². The first kappa shape index (κ1) is 24.2. The summed E-state index contributed by atoms with van der Waals surface area (Å²) in [7, 11) is 0. The molecule has 0 bridgehead atoms. The Kier molecular flexibility index (Phi) is 6.74. The van der Waals surface area contributed by atoms with E-state index in [0.717, 1.165) is 33.6 Å². The van der Waals surface area contributed by atoms with Crippen molar-refractivity contribution in [2.45, 2.75) is 24.6 Å². The molecule has 35 heavy (non-hydrogen) atoms. The van der Waals surface area contributed by atoms with Crippen molar-refractivity contribution in [2.75, 3.05) is 11.9 Å². The number of ether oxygens (including phenoxy) is 1. The Morgan fingerprint density at radius 1 is 1.06 bits per heavy atom. The number of amides is 2. The summed E-state index contributed by atoms with van der Waals surface area (Å²) >= 11 is 0.944. The van der Waals surface area contributed by atoms with Crippen LogP contribution in [-0.4, -0.2) is 46.9 Å². The van der Waals surface area contributed by atoms with Crippen molar-refractivity contribution >= 4 is 34.4 Å². The largest absolute Gasteiger partial charge is 0.479 e. The lowest BCUT2D eigenvalue weighted by molar-refractivity contribution is -0.182. The Hall–Kier alpha value is -3.93. The van der Waals surface area contributed by atoms with E-state index in [1.807, 2.05) is 48.5 Å². The van der Waals surface area contributed by atoms with E-state index in [4.69, 9.17) is 9.84 Å². The van der Waals surface area contributed by atoms with E-state index in [1.165, 1.54) is 10.7 Å². The molecule has 4 rings (SSSR count). The minimum absolute atomic E-state index is 0.0627. The number of aliphatic carboxylic acids is 1. The second-order valence-corrected chi connectivity index (χ2v) is 8.51. The summed E-state index contributed by atoms with van der Waals surface area (Å²) in [5.41, 5.74) is 4.31. The standard InChI is InChI=1S/C23H18F3N3O5S/c24-23(25,26)19(20(31)32)28-18(30)9-12-11-35-21(27-12)29-22(33)34-10-17-15-7-3-1-5-13(15)14-6-2-4-8-16(14)17/h1-8,11,17,19H,9-10H2,(H,28,30)(H,31,32)(H,27,29,33). The number of carbonyl (C=O) groups excluding carboxylic acids is 2. The molecule has 1 unspecified atom stereocenters. The number of carboxylic acid groups (broad SMARTS) is 1. The Bertz CT molecular complexity index is 1230. The van der Waals surface area contributed by atoms with Gasteiger partial charge >= 0.3 is 18.2 Å². The maximum Gasteiger partial charge on any atom is 0.419 e. The normalized spacial score (nSPS) is 13.5. The molecule has 1 heterocycles. The van der Waals surface area contributed by atoms with Gasteiger partial charge in [0, 0.05) is 11.3 Å². The molecule has 8 nitrogen and oxygen atoms in total. The minimum Gasteiger partial charge on any atom is -0.479 e.